The van der Waals surface area contributed by atoms with E-state index in [9.17, 15) is 0 Å². The molecule has 4 nitrogen and oxygen atoms in total. The fourth-order valence-electron chi connectivity index (χ4n) is 3.35. The Morgan fingerprint density at radius 3 is 2.61 bits per heavy atom. The highest BCUT2D eigenvalue weighted by atomic mass is 15.3. The molecule has 18 heavy (non-hydrogen) atoms. The third-order valence-corrected chi connectivity index (χ3v) is 4.56. The van der Waals surface area contributed by atoms with Crippen molar-refractivity contribution in [1.29, 1.82) is 0 Å². The minimum Gasteiger partial charge on any atom is -0.321 e. The molecule has 0 amide bonds. The van der Waals surface area contributed by atoms with E-state index in [2.05, 4.69) is 37.1 Å². The van der Waals surface area contributed by atoms with Crippen LogP contribution in [0.15, 0.2) is 12.3 Å². The average Bonchev–Trinajstić information content (AvgIpc) is 2.86. The van der Waals surface area contributed by atoms with E-state index in [1.807, 2.05) is 10.9 Å². The smallest absolute Gasteiger partial charge is 0.0653 e. The van der Waals surface area contributed by atoms with Gasteiger partial charge in [0.15, 0.2) is 0 Å². The molecular formula is C14H26N4. The molecule has 2 rings (SSSR count). The predicted molar refractivity (Wildman–Crippen MR) is 74.3 cm³/mol. The number of hydrogen-bond donors (Lipinski definition) is 1. The Morgan fingerprint density at radius 2 is 2.06 bits per heavy atom. The first-order chi connectivity index (χ1) is 8.62. The zero-order chi connectivity index (χ0) is 13.2. The predicted octanol–water partition coefficient (Wildman–Crippen LogP) is 2.17. The van der Waals surface area contributed by atoms with Gasteiger partial charge in [0.1, 0.15) is 0 Å². The van der Waals surface area contributed by atoms with Crippen LogP contribution in [0.5, 0.6) is 0 Å². The Bertz CT molecular complexity index is 377. The van der Waals surface area contributed by atoms with Crippen molar-refractivity contribution in [2.24, 2.45) is 5.73 Å². The van der Waals surface area contributed by atoms with E-state index in [0.717, 1.165) is 6.54 Å². The lowest BCUT2D eigenvalue weighted by molar-refractivity contribution is 0.0682. The molecule has 1 aromatic rings. The molecular weight excluding hydrogens is 224 g/mol. The molecule has 1 aromatic heterocycles. The van der Waals surface area contributed by atoms with E-state index < -0.39 is 0 Å². The molecule has 2 N–H and O–H groups in total. The Balaban J connectivity index is 2.31. The van der Waals surface area contributed by atoms with Crippen molar-refractivity contribution >= 4 is 0 Å². The summed E-state index contributed by atoms with van der Waals surface area (Å²) in [6.07, 6.45) is 8.16. The standard InChI is InChI=1S/C14H26N4/c1-4-18-12(8-11-16-18)13(15)14(17(2)3)9-6-5-7-10-14/h8,11,13H,4-7,9-10,15H2,1-3H3. The fraction of sp³-hybridized carbons (Fsp3) is 0.786. The van der Waals surface area contributed by atoms with Crippen LogP contribution in [0.25, 0.3) is 0 Å². The molecule has 0 saturated heterocycles. The molecule has 1 aliphatic rings. The summed E-state index contributed by atoms with van der Waals surface area (Å²) in [7, 11) is 4.33. The van der Waals surface area contributed by atoms with Crippen LogP contribution in [0.3, 0.4) is 0 Å². The van der Waals surface area contributed by atoms with Gasteiger partial charge in [-0.2, -0.15) is 5.10 Å². The van der Waals surface area contributed by atoms with E-state index in [-0.39, 0.29) is 11.6 Å². The number of rotatable bonds is 4. The van der Waals surface area contributed by atoms with Crippen LogP contribution in [0, 0.1) is 0 Å². The highest BCUT2D eigenvalue weighted by Gasteiger charge is 2.41. The summed E-state index contributed by atoms with van der Waals surface area (Å²) < 4.78 is 2.03. The molecule has 1 saturated carbocycles. The highest BCUT2D eigenvalue weighted by Crippen LogP contribution is 2.40. The zero-order valence-electron chi connectivity index (χ0n) is 11.9. The molecule has 0 aliphatic heterocycles. The summed E-state index contributed by atoms with van der Waals surface area (Å²) in [5.74, 6) is 0. The lowest BCUT2D eigenvalue weighted by atomic mass is 9.74. The van der Waals surface area contributed by atoms with Gasteiger partial charge in [0, 0.05) is 18.3 Å². The van der Waals surface area contributed by atoms with Crippen molar-refractivity contribution in [1.82, 2.24) is 14.7 Å². The van der Waals surface area contributed by atoms with Gasteiger partial charge in [0.05, 0.1) is 11.7 Å². The van der Waals surface area contributed by atoms with Gasteiger partial charge in [-0.25, -0.2) is 0 Å². The van der Waals surface area contributed by atoms with Crippen LogP contribution in [-0.4, -0.2) is 34.3 Å². The molecule has 1 aliphatic carbocycles. The van der Waals surface area contributed by atoms with Gasteiger partial charge in [-0.15, -0.1) is 0 Å². The molecule has 0 aromatic carbocycles. The maximum absolute atomic E-state index is 6.62. The summed E-state index contributed by atoms with van der Waals surface area (Å²) in [4.78, 5) is 2.34. The molecule has 0 bridgehead atoms. The maximum Gasteiger partial charge on any atom is 0.0653 e. The van der Waals surface area contributed by atoms with Crippen LogP contribution in [0.2, 0.25) is 0 Å². The van der Waals surface area contributed by atoms with Gasteiger partial charge in [-0.1, -0.05) is 19.3 Å². The van der Waals surface area contributed by atoms with Crippen molar-refractivity contribution in [2.75, 3.05) is 14.1 Å². The second-order valence-corrected chi connectivity index (χ2v) is 5.61. The van der Waals surface area contributed by atoms with E-state index in [1.165, 1.54) is 37.8 Å². The van der Waals surface area contributed by atoms with Crippen molar-refractivity contribution < 1.29 is 0 Å². The van der Waals surface area contributed by atoms with Gasteiger partial charge in [0.2, 0.25) is 0 Å². The first kappa shape index (κ1) is 13.6. The topological polar surface area (TPSA) is 47.1 Å². The normalized spacial score (nSPS) is 21.2. The Morgan fingerprint density at radius 1 is 1.39 bits per heavy atom. The molecule has 1 heterocycles. The van der Waals surface area contributed by atoms with Gasteiger partial charge < -0.3 is 10.6 Å². The lowest BCUT2D eigenvalue weighted by Gasteiger charge is -2.47. The van der Waals surface area contributed by atoms with E-state index in [1.54, 1.807) is 0 Å². The van der Waals surface area contributed by atoms with Gasteiger partial charge in [0.25, 0.3) is 0 Å². The largest absolute Gasteiger partial charge is 0.321 e. The van der Waals surface area contributed by atoms with E-state index in [4.69, 9.17) is 5.73 Å². The summed E-state index contributed by atoms with van der Waals surface area (Å²) in [5.41, 5.74) is 7.90. The zero-order valence-corrected chi connectivity index (χ0v) is 11.9. The second-order valence-electron chi connectivity index (χ2n) is 5.61. The number of nitrogens with zero attached hydrogens (tertiary/aromatic N) is 3. The molecule has 1 fully saturated rings. The molecule has 1 atom stereocenters. The van der Waals surface area contributed by atoms with Crippen molar-refractivity contribution in [3.63, 3.8) is 0 Å². The summed E-state index contributed by atoms with van der Waals surface area (Å²) >= 11 is 0. The minimum atomic E-state index is 0.0512. The third-order valence-electron chi connectivity index (χ3n) is 4.56. The summed E-state index contributed by atoms with van der Waals surface area (Å²) in [6, 6.07) is 2.13. The van der Waals surface area contributed by atoms with E-state index >= 15 is 0 Å². The van der Waals surface area contributed by atoms with E-state index in [0.29, 0.717) is 0 Å². The third kappa shape index (κ3) is 2.19. The quantitative estimate of drug-likeness (QED) is 0.891. The van der Waals surface area contributed by atoms with Crippen LogP contribution in [0.4, 0.5) is 0 Å². The average molecular weight is 250 g/mol. The van der Waals surface area contributed by atoms with Crippen molar-refractivity contribution in [3.05, 3.63) is 18.0 Å². The number of aryl methyl sites for hydroxylation is 1. The number of likely N-dealkylation sites (N-methyl/N-ethyl adjacent to an activating group) is 1. The minimum absolute atomic E-state index is 0.0512. The summed E-state index contributed by atoms with van der Waals surface area (Å²) in [5, 5.41) is 4.36. The van der Waals surface area contributed by atoms with Crippen LogP contribution < -0.4 is 5.73 Å². The van der Waals surface area contributed by atoms with Gasteiger partial charge in [-0.3, -0.25) is 4.68 Å². The molecule has 4 heteroatoms. The van der Waals surface area contributed by atoms with Crippen LogP contribution in [0.1, 0.15) is 50.8 Å². The first-order valence-electron chi connectivity index (χ1n) is 7.06. The van der Waals surface area contributed by atoms with Crippen molar-refractivity contribution in [2.45, 2.75) is 57.2 Å². The molecule has 0 radical (unpaired) electrons. The Hall–Kier alpha value is -0.870. The Labute approximate surface area is 110 Å². The molecule has 0 spiro atoms. The highest BCUT2D eigenvalue weighted by molar-refractivity contribution is 5.15. The first-order valence-corrected chi connectivity index (χ1v) is 7.06. The maximum atomic E-state index is 6.62. The molecule has 102 valence electrons. The SMILES string of the molecule is CCn1nccc1C(N)C1(N(C)C)CCCCC1. The monoisotopic (exact) mass is 250 g/mol. The second kappa shape index (κ2) is 5.41. The van der Waals surface area contributed by atoms with Crippen LogP contribution in [-0.2, 0) is 6.54 Å². The fourth-order valence-corrected chi connectivity index (χ4v) is 3.35. The van der Waals surface area contributed by atoms with Gasteiger partial charge in [-0.05, 0) is 39.9 Å². The van der Waals surface area contributed by atoms with Crippen molar-refractivity contribution in [3.8, 4) is 0 Å². The lowest BCUT2D eigenvalue weighted by Crippen LogP contribution is -2.54. The number of hydrogen-bond acceptors (Lipinski definition) is 3. The molecule has 1 unspecified atom stereocenters. The number of nitrogens with two attached hydrogens (primary N) is 1. The van der Waals surface area contributed by atoms with Crippen LogP contribution >= 0.6 is 0 Å². The summed E-state index contributed by atoms with van der Waals surface area (Å²) in [6.45, 7) is 3.01. The Kier molecular flexibility index (Phi) is 4.07. The number of aromatic nitrogens is 2. The van der Waals surface area contributed by atoms with Gasteiger partial charge >= 0.3 is 0 Å².